The van der Waals surface area contributed by atoms with Crippen molar-refractivity contribution in [2.24, 2.45) is 7.05 Å². The van der Waals surface area contributed by atoms with Crippen LogP contribution >= 0.6 is 0 Å². The quantitative estimate of drug-likeness (QED) is 0.794. The van der Waals surface area contributed by atoms with E-state index < -0.39 is 0 Å². The van der Waals surface area contributed by atoms with Crippen LogP contribution in [0.4, 0.5) is 5.69 Å². The summed E-state index contributed by atoms with van der Waals surface area (Å²) >= 11 is 0. The van der Waals surface area contributed by atoms with Crippen molar-refractivity contribution in [1.29, 1.82) is 0 Å². The van der Waals surface area contributed by atoms with E-state index in [9.17, 15) is 4.79 Å². The molecule has 0 aliphatic rings. The third-order valence-corrected chi connectivity index (χ3v) is 3.02. The Kier molecular flexibility index (Phi) is 3.51. The van der Waals surface area contributed by atoms with E-state index in [2.05, 4.69) is 15.5 Å². The van der Waals surface area contributed by atoms with E-state index in [1.165, 1.54) is 0 Å². The van der Waals surface area contributed by atoms with Crippen LogP contribution in [-0.4, -0.2) is 25.5 Å². The fraction of sp³-hybridized carbons (Fsp3) is 0.133. The average Bonchev–Trinajstić information content (AvgIpc) is 3.09. The Hall–Kier alpha value is -2.89. The van der Waals surface area contributed by atoms with Crippen LogP contribution in [0, 0.1) is 0 Å². The van der Waals surface area contributed by atoms with Crippen LogP contribution in [0.1, 0.15) is 16.1 Å². The molecular weight excluding hydrogens is 266 g/mol. The average molecular weight is 281 g/mol. The fourth-order valence-electron chi connectivity index (χ4n) is 2.02. The Morgan fingerprint density at radius 2 is 2.05 bits per heavy atom. The van der Waals surface area contributed by atoms with Gasteiger partial charge in [-0.1, -0.05) is 30.3 Å². The largest absolute Gasteiger partial charge is 0.318 e. The molecule has 6 nitrogen and oxygen atoms in total. The maximum absolute atomic E-state index is 12.0. The standard InChI is InChI=1S/C15H15N5O/c1-19-8-7-14(18-19)15(21)17-13-9-16-20(11-13)10-12-5-3-2-4-6-12/h2-9,11H,10H2,1H3,(H,17,21). The summed E-state index contributed by atoms with van der Waals surface area (Å²) in [5, 5.41) is 11.1. The molecule has 1 aromatic carbocycles. The SMILES string of the molecule is Cn1ccc(C(=O)Nc2cnn(Cc3ccccc3)c2)n1. The van der Waals surface area contributed by atoms with Gasteiger partial charge in [-0.25, -0.2) is 0 Å². The van der Waals surface area contributed by atoms with Crippen LogP contribution in [-0.2, 0) is 13.6 Å². The molecule has 0 spiro atoms. The first-order chi connectivity index (χ1) is 10.2. The predicted molar refractivity (Wildman–Crippen MR) is 78.9 cm³/mol. The molecule has 106 valence electrons. The van der Waals surface area contributed by atoms with E-state index in [1.807, 2.05) is 30.3 Å². The number of benzene rings is 1. The Morgan fingerprint density at radius 3 is 2.76 bits per heavy atom. The lowest BCUT2D eigenvalue weighted by molar-refractivity contribution is 0.102. The van der Waals surface area contributed by atoms with Gasteiger partial charge in [0.2, 0.25) is 0 Å². The molecule has 0 bridgehead atoms. The summed E-state index contributed by atoms with van der Waals surface area (Å²) in [6, 6.07) is 11.7. The van der Waals surface area contributed by atoms with Crippen molar-refractivity contribution in [2.45, 2.75) is 6.54 Å². The molecule has 21 heavy (non-hydrogen) atoms. The van der Waals surface area contributed by atoms with Gasteiger partial charge in [0.25, 0.3) is 5.91 Å². The predicted octanol–water partition coefficient (Wildman–Crippen LogP) is 1.92. The highest BCUT2D eigenvalue weighted by atomic mass is 16.2. The molecule has 3 rings (SSSR count). The van der Waals surface area contributed by atoms with Crippen molar-refractivity contribution >= 4 is 11.6 Å². The van der Waals surface area contributed by atoms with Crippen LogP contribution in [0.2, 0.25) is 0 Å². The van der Waals surface area contributed by atoms with E-state index in [-0.39, 0.29) is 5.91 Å². The van der Waals surface area contributed by atoms with Gasteiger partial charge in [-0.3, -0.25) is 14.2 Å². The van der Waals surface area contributed by atoms with Crippen LogP contribution in [0.5, 0.6) is 0 Å². The summed E-state index contributed by atoms with van der Waals surface area (Å²) in [5.74, 6) is -0.241. The highest BCUT2D eigenvalue weighted by Gasteiger charge is 2.10. The molecule has 3 aromatic rings. The van der Waals surface area contributed by atoms with Crippen molar-refractivity contribution in [2.75, 3.05) is 5.32 Å². The molecular formula is C15H15N5O. The third kappa shape index (κ3) is 3.17. The van der Waals surface area contributed by atoms with Gasteiger partial charge in [0.05, 0.1) is 18.4 Å². The zero-order chi connectivity index (χ0) is 14.7. The summed E-state index contributed by atoms with van der Waals surface area (Å²) in [6.07, 6.45) is 5.16. The number of rotatable bonds is 4. The van der Waals surface area contributed by atoms with Gasteiger partial charge in [-0.2, -0.15) is 10.2 Å². The maximum Gasteiger partial charge on any atom is 0.276 e. The zero-order valence-corrected chi connectivity index (χ0v) is 11.6. The minimum atomic E-state index is -0.241. The summed E-state index contributed by atoms with van der Waals surface area (Å²) < 4.78 is 3.37. The van der Waals surface area contributed by atoms with Crippen LogP contribution < -0.4 is 5.32 Å². The number of amides is 1. The fourth-order valence-corrected chi connectivity index (χ4v) is 2.02. The van der Waals surface area contributed by atoms with Crippen LogP contribution in [0.15, 0.2) is 55.0 Å². The highest BCUT2D eigenvalue weighted by Crippen LogP contribution is 2.09. The van der Waals surface area contributed by atoms with Crippen LogP contribution in [0.3, 0.4) is 0 Å². The number of aryl methyl sites for hydroxylation is 1. The Bertz CT molecular complexity index is 744. The number of carbonyl (C=O) groups is 1. The van der Waals surface area contributed by atoms with Crippen molar-refractivity contribution in [3.63, 3.8) is 0 Å². The number of nitrogens with zero attached hydrogens (tertiary/aromatic N) is 4. The molecule has 6 heteroatoms. The van der Waals surface area contributed by atoms with Gasteiger partial charge in [0, 0.05) is 19.4 Å². The molecule has 1 N–H and O–H groups in total. The van der Waals surface area contributed by atoms with E-state index in [4.69, 9.17) is 0 Å². The number of nitrogens with one attached hydrogen (secondary N) is 1. The molecule has 0 radical (unpaired) electrons. The minimum Gasteiger partial charge on any atom is -0.318 e. The molecule has 0 saturated carbocycles. The molecule has 2 aromatic heterocycles. The lowest BCUT2D eigenvalue weighted by atomic mass is 10.2. The van der Waals surface area contributed by atoms with Gasteiger partial charge >= 0.3 is 0 Å². The number of aromatic nitrogens is 4. The van der Waals surface area contributed by atoms with Crippen molar-refractivity contribution in [3.8, 4) is 0 Å². The smallest absolute Gasteiger partial charge is 0.276 e. The van der Waals surface area contributed by atoms with Crippen molar-refractivity contribution < 1.29 is 4.79 Å². The Labute approximate surface area is 122 Å². The molecule has 0 unspecified atom stereocenters. The normalized spacial score (nSPS) is 10.5. The monoisotopic (exact) mass is 281 g/mol. The minimum absolute atomic E-state index is 0.241. The second-order valence-corrected chi connectivity index (χ2v) is 4.74. The van der Waals surface area contributed by atoms with Gasteiger partial charge in [0.1, 0.15) is 0 Å². The van der Waals surface area contributed by atoms with Gasteiger partial charge in [-0.15, -0.1) is 0 Å². The second-order valence-electron chi connectivity index (χ2n) is 4.74. The third-order valence-electron chi connectivity index (χ3n) is 3.02. The summed E-state index contributed by atoms with van der Waals surface area (Å²) in [6.45, 7) is 0.667. The molecule has 0 saturated heterocycles. The van der Waals surface area contributed by atoms with Crippen molar-refractivity contribution in [3.05, 3.63) is 66.2 Å². The lowest BCUT2D eigenvalue weighted by Gasteiger charge is -2.01. The van der Waals surface area contributed by atoms with Gasteiger partial charge in [0.15, 0.2) is 5.69 Å². The van der Waals surface area contributed by atoms with Crippen molar-refractivity contribution in [1.82, 2.24) is 19.6 Å². The maximum atomic E-state index is 12.0. The first kappa shape index (κ1) is 13.1. The van der Waals surface area contributed by atoms with E-state index >= 15 is 0 Å². The van der Waals surface area contributed by atoms with E-state index in [0.717, 1.165) is 5.56 Å². The first-order valence-corrected chi connectivity index (χ1v) is 6.58. The topological polar surface area (TPSA) is 64.7 Å². The molecule has 0 aliphatic heterocycles. The Morgan fingerprint density at radius 1 is 1.24 bits per heavy atom. The molecule has 2 heterocycles. The van der Waals surface area contributed by atoms with Gasteiger partial charge < -0.3 is 5.32 Å². The molecule has 0 fully saturated rings. The molecule has 0 aliphatic carbocycles. The second kappa shape index (κ2) is 5.62. The summed E-state index contributed by atoms with van der Waals surface area (Å²) in [7, 11) is 1.77. The number of anilines is 1. The van der Waals surface area contributed by atoms with Gasteiger partial charge in [-0.05, 0) is 11.6 Å². The number of carbonyl (C=O) groups excluding carboxylic acids is 1. The van der Waals surface area contributed by atoms with Crippen LogP contribution in [0.25, 0.3) is 0 Å². The van der Waals surface area contributed by atoms with E-state index in [1.54, 1.807) is 41.1 Å². The molecule has 1 amide bonds. The Balaban J connectivity index is 1.66. The zero-order valence-electron chi connectivity index (χ0n) is 11.6. The molecule has 0 atom stereocenters. The number of hydrogen-bond acceptors (Lipinski definition) is 3. The highest BCUT2D eigenvalue weighted by molar-refractivity contribution is 6.02. The lowest BCUT2D eigenvalue weighted by Crippen LogP contribution is -2.12. The summed E-state index contributed by atoms with van der Waals surface area (Å²) in [5.41, 5.74) is 2.19. The number of hydrogen-bond donors (Lipinski definition) is 1. The first-order valence-electron chi connectivity index (χ1n) is 6.58. The summed E-state index contributed by atoms with van der Waals surface area (Å²) in [4.78, 5) is 12.0. The van der Waals surface area contributed by atoms with E-state index in [0.29, 0.717) is 17.9 Å².